The normalized spacial score (nSPS) is 22.2. The lowest BCUT2D eigenvalue weighted by Crippen LogP contribution is -2.44. The maximum Gasteiger partial charge on any atom is 0.238 e. The lowest BCUT2D eigenvalue weighted by molar-refractivity contribution is -0.122. The highest BCUT2D eigenvalue weighted by Crippen LogP contribution is 2.38. The monoisotopic (exact) mass is 367 g/mol. The number of hydrogen-bond acceptors (Lipinski definition) is 5. The second-order valence-corrected chi connectivity index (χ2v) is 7.45. The maximum atomic E-state index is 12.3. The van der Waals surface area contributed by atoms with Gasteiger partial charge < -0.3 is 14.8 Å². The van der Waals surface area contributed by atoms with E-state index in [0.29, 0.717) is 54.7 Å². The molecular formula is C18H26ClN3O3. The standard InChI is InChI=1S/C18H26ClN3O3/c1-11(2)7-13-10-15(22-21-13)18(23)20-4-3-12-8-14(19)17-16(9-12)24-5-6-25-17/h8-9,11,13,15,21-22H,3-7,10H2,1-2H3,(H,20,23). The van der Waals surface area contributed by atoms with Crippen LogP contribution in [0.25, 0.3) is 0 Å². The number of carbonyl (C=O) groups is 1. The number of nitrogens with one attached hydrogen (secondary N) is 3. The van der Waals surface area contributed by atoms with Crippen LogP contribution >= 0.6 is 11.6 Å². The van der Waals surface area contributed by atoms with E-state index in [1.165, 1.54) is 0 Å². The Labute approximate surface area is 153 Å². The molecule has 2 heterocycles. The average Bonchev–Trinajstić information content (AvgIpc) is 3.02. The number of rotatable bonds is 6. The summed E-state index contributed by atoms with van der Waals surface area (Å²) in [6.07, 6.45) is 2.57. The average molecular weight is 368 g/mol. The van der Waals surface area contributed by atoms with Gasteiger partial charge in [0, 0.05) is 12.6 Å². The summed E-state index contributed by atoms with van der Waals surface area (Å²) in [7, 11) is 0. The van der Waals surface area contributed by atoms with E-state index in [0.717, 1.165) is 18.4 Å². The van der Waals surface area contributed by atoms with Gasteiger partial charge in [-0.25, -0.2) is 5.43 Å². The molecule has 2 aliphatic heterocycles. The zero-order valence-electron chi connectivity index (χ0n) is 14.7. The van der Waals surface area contributed by atoms with E-state index < -0.39 is 0 Å². The van der Waals surface area contributed by atoms with Crippen molar-refractivity contribution in [1.82, 2.24) is 16.2 Å². The number of fused-ring (bicyclic) bond motifs is 1. The van der Waals surface area contributed by atoms with E-state index in [-0.39, 0.29) is 11.9 Å². The summed E-state index contributed by atoms with van der Waals surface area (Å²) in [5.41, 5.74) is 7.32. The minimum Gasteiger partial charge on any atom is -0.486 e. The van der Waals surface area contributed by atoms with Gasteiger partial charge in [-0.15, -0.1) is 0 Å². The van der Waals surface area contributed by atoms with Crippen molar-refractivity contribution in [1.29, 1.82) is 0 Å². The molecule has 7 heteroatoms. The molecule has 1 aromatic carbocycles. The third kappa shape index (κ3) is 4.77. The number of hydrazine groups is 1. The van der Waals surface area contributed by atoms with Crippen LogP contribution in [0.5, 0.6) is 11.5 Å². The van der Waals surface area contributed by atoms with Gasteiger partial charge in [0.15, 0.2) is 11.5 Å². The molecule has 0 aromatic heterocycles. The molecule has 1 fully saturated rings. The summed E-state index contributed by atoms with van der Waals surface area (Å²) < 4.78 is 11.1. The molecule has 0 saturated carbocycles. The molecule has 2 atom stereocenters. The number of hydrogen-bond donors (Lipinski definition) is 3. The second kappa shape index (κ2) is 8.25. The van der Waals surface area contributed by atoms with E-state index in [2.05, 4.69) is 30.0 Å². The summed E-state index contributed by atoms with van der Waals surface area (Å²) in [5, 5.41) is 3.54. The van der Waals surface area contributed by atoms with Gasteiger partial charge >= 0.3 is 0 Å². The quantitative estimate of drug-likeness (QED) is 0.717. The van der Waals surface area contributed by atoms with E-state index in [9.17, 15) is 4.79 Å². The highest BCUT2D eigenvalue weighted by Gasteiger charge is 2.29. The smallest absolute Gasteiger partial charge is 0.238 e. The largest absolute Gasteiger partial charge is 0.486 e. The van der Waals surface area contributed by atoms with Crippen molar-refractivity contribution < 1.29 is 14.3 Å². The molecule has 1 amide bonds. The molecule has 1 saturated heterocycles. The Bertz CT molecular complexity index is 624. The van der Waals surface area contributed by atoms with Gasteiger partial charge in [-0.2, -0.15) is 0 Å². The molecule has 2 unspecified atom stereocenters. The van der Waals surface area contributed by atoms with Gasteiger partial charge in [-0.3, -0.25) is 10.2 Å². The van der Waals surface area contributed by atoms with Crippen molar-refractivity contribution >= 4 is 17.5 Å². The Morgan fingerprint density at radius 3 is 2.92 bits per heavy atom. The van der Waals surface area contributed by atoms with Gasteiger partial charge in [-0.1, -0.05) is 25.4 Å². The first-order valence-electron chi connectivity index (χ1n) is 8.89. The summed E-state index contributed by atoms with van der Waals surface area (Å²) in [6.45, 7) is 5.98. The molecule has 6 nitrogen and oxygen atoms in total. The number of halogens is 1. The van der Waals surface area contributed by atoms with E-state index >= 15 is 0 Å². The predicted octanol–water partition coefficient (Wildman–Crippen LogP) is 2.05. The predicted molar refractivity (Wildman–Crippen MR) is 97.1 cm³/mol. The van der Waals surface area contributed by atoms with E-state index in [1.54, 1.807) is 0 Å². The van der Waals surface area contributed by atoms with Crippen LogP contribution in [0.15, 0.2) is 12.1 Å². The summed E-state index contributed by atoms with van der Waals surface area (Å²) in [5.74, 6) is 1.93. The highest BCUT2D eigenvalue weighted by atomic mass is 35.5. The van der Waals surface area contributed by atoms with Crippen molar-refractivity contribution in [2.45, 2.75) is 45.2 Å². The number of ether oxygens (including phenoxy) is 2. The Kier molecular flexibility index (Phi) is 6.04. The van der Waals surface area contributed by atoms with Crippen molar-refractivity contribution in [2.24, 2.45) is 5.92 Å². The fourth-order valence-corrected chi connectivity index (χ4v) is 3.57. The number of benzene rings is 1. The third-order valence-corrected chi connectivity index (χ3v) is 4.70. The van der Waals surface area contributed by atoms with Gasteiger partial charge in [0.2, 0.25) is 5.91 Å². The third-order valence-electron chi connectivity index (χ3n) is 4.42. The lowest BCUT2D eigenvalue weighted by Gasteiger charge is -2.20. The first-order valence-corrected chi connectivity index (χ1v) is 9.27. The fraction of sp³-hybridized carbons (Fsp3) is 0.611. The summed E-state index contributed by atoms with van der Waals surface area (Å²) in [4.78, 5) is 12.3. The van der Waals surface area contributed by atoms with Gasteiger partial charge in [-0.05, 0) is 42.9 Å². The van der Waals surface area contributed by atoms with Crippen LogP contribution in [-0.2, 0) is 11.2 Å². The Balaban J connectivity index is 1.47. The minimum absolute atomic E-state index is 0.0300. The number of carbonyl (C=O) groups excluding carboxylic acids is 1. The summed E-state index contributed by atoms with van der Waals surface area (Å²) >= 11 is 6.24. The minimum atomic E-state index is -0.174. The topological polar surface area (TPSA) is 71.6 Å². The molecule has 138 valence electrons. The zero-order chi connectivity index (χ0) is 17.8. The lowest BCUT2D eigenvalue weighted by atomic mass is 10.00. The van der Waals surface area contributed by atoms with Crippen LogP contribution in [0.3, 0.4) is 0 Å². The Hall–Kier alpha value is -1.50. The molecule has 3 N–H and O–H groups in total. The van der Waals surface area contributed by atoms with Crippen LogP contribution < -0.4 is 25.6 Å². The van der Waals surface area contributed by atoms with Gasteiger partial charge in [0.1, 0.15) is 19.3 Å². The molecule has 0 radical (unpaired) electrons. The zero-order valence-corrected chi connectivity index (χ0v) is 15.5. The van der Waals surface area contributed by atoms with Crippen LogP contribution in [0.1, 0.15) is 32.3 Å². The molecule has 0 spiro atoms. The molecule has 3 rings (SSSR count). The van der Waals surface area contributed by atoms with E-state index in [4.69, 9.17) is 21.1 Å². The van der Waals surface area contributed by atoms with Crippen molar-refractivity contribution in [2.75, 3.05) is 19.8 Å². The Morgan fingerprint density at radius 1 is 1.32 bits per heavy atom. The molecule has 2 aliphatic rings. The van der Waals surface area contributed by atoms with Crippen molar-refractivity contribution in [3.05, 3.63) is 22.7 Å². The fourth-order valence-electron chi connectivity index (χ4n) is 3.28. The summed E-state index contributed by atoms with van der Waals surface area (Å²) in [6, 6.07) is 3.98. The second-order valence-electron chi connectivity index (χ2n) is 7.05. The van der Waals surface area contributed by atoms with Gasteiger partial charge in [0.25, 0.3) is 0 Å². The Morgan fingerprint density at radius 2 is 2.12 bits per heavy atom. The first-order chi connectivity index (χ1) is 12.0. The molecule has 0 aliphatic carbocycles. The molecular weight excluding hydrogens is 342 g/mol. The SMILES string of the molecule is CC(C)CC1CC(C(=O)NCCc2cc(Cl)c3c(c2)OCCO3)NN1. The van der Waals surface area contributed by atoms with Crippen molar-refractivity contribution in [3.8, 4) is 11.5 Å². The van der Waals surface area contributed by atoms with Crippen LogP contribution in [0, 0.1) is 5.92 Å². The number of amides is 1. The van der Waals surface area contributed by atoms with Crippen LogP contribution in [0.4, 0.5) is 0 Å². The van der Waals surface area contributed by atoms with Gasteiger partial charge in [0.05, 0.1) is 5.02 Å². The molecule has 1 aromatic rings. The first kappa shape index (κ1) is 18.3. The highest BCUT2D eigenvalue weighted by molar-refractivity contribution is 6.32. The van der Waals surface area contributed by atoms with E-state index in [1.807, 2.05) is 12.1 Å². The maximum absolute atomic E-state index is 12.3. The van der Waals surface area contributed by atoms with Crippen LogP contribution in [0.2, 0.25) is 5.02 Å². The molecule has 0 bridgehead atoms. The van der Waals surface area contributed by atoms with Crippen LogP contribution in [-0.4, -0.2) is 37.7 Å². The van der Waals surface area contributed by atoms with Crippen molar-refractivity contribution in [3.63, 3.8) is 0 Å². The molecule has 25 heavy (non-hydrogen) atoms.